The molecule has 96 valence electrons. The van der Waals surface area contributed by atoms with Crippen LogP contribution in [0.15, 0.2) is 42.6 Å². The summed E-state index contributed by atoms with van der Waals surface area (Å²) in [5.41, 5.74) is 9.22. The summed E-state index contributed by atoms with van der Waals surface area (Å²) in [7, 11) is 0. The summed E-state index contributed by atoms with van der Waals surface area (Å²) >= 11 is 4.91. The van der Waals surface area contributed by atoms with Crippen molar-refractivity contribution in [3.05, 3.63) is 59.3 Å². The molecule has 0 fully saturated rings. The van der Waals surface area contributed by atoms with Crippen molar-refractivity contribution in [1.29, 1.82) is 0 Å². The molecule has 1 aromatic heterocycles. The molecule has 1 heterocycles. The van der Waals surface area contributed by atoms with Gasteiger partial charge in [-0.05, 0) is 36.1 Å². The second kappa shape index (κ2) is 4.97. The SMILES string of the molecule is NC(=S)c1ccc(NC2Cc3ccccc3C2)nc1. The Bertz CT molecular complexity index is 582. The highest BCUT2D eigenvalue weighted by Crippen LogP contribution is 2.23. The number of benzene rings is 1. The lowest BCUT2D eigenvalue weighted by Crippen LogP contribution is -2.20. The summed E-state index contributed by atoms with van der Waals surface area (Å²) in [6, 6.07) is 12.8. The molecular weight excluding hydrogens is 254 g/mol. The largest absolute Gasteiger partial charge is 0.389 e. The number of fused-ring (bicyclic) bond motifs is 1. The predicted molar refractivity (Wildman–Crippen MR) is 81.4 cm³/mol. The van der Waals surface area contributed by atoms with E-state index in [1.54, 1.807) is 6.20 Å². The van der Waals surface area contributed by atoms with Crippen molar-refractivity contribution in [3.63, 3.8) is 0 Å². The molecule has 1 aliphatic carbocycles. The number of aromatic nitrogens is 1. The molecule has 0 aliphatic heterocycles. The minimum atomic E-state index is 0.382. The monoisotopic (exact) mass is 269 g/mol. The lowest BCUT2D eigenvalue weighted by molar-refractivity contribution is 0.769. The van der Waals surface area contributed by atoms with Crippen LogP contribution in [0.3, 0.4) is 0 Å². The van der Waals surface area contributed by atoms with Crippen LogP contribution in [0.25, 0.3) is 0 Å². The molecule has 0 bridgehead atoms. The lowest BCUT2D eigenvalue weighted by Gasteiger charge is -2.12. The Morgan fingerprint density at radius 3 is 2.37 bits per heavy atom. The van der Waals surface area contributed by atoms with Gasteiger partial charge in [0.15, 0.2) is 0 Å². The van der Waals surface area contributed by atoms with Crippen LogP contribution in [0.1, 0.15) is 16.7 Å². The predicted octanol–water partition coefficient (Wildman–Crippen LogP) is 2.30. The normalized spacial score (nSPS) is 14.1. The number of hydrogen-bond donors (Lipinski definition) is 2. The Labute approximate surface area is 117 Å². The molecule has 0 saturated carbocycles. The van der Waals surface area contributed by atoms with Gasteiger partial charge in [0.2, 0.25) is 0 Å². The molecule has 0 radical (unpaired) electrons. The average molecular weight is 269 g/mol. The van der Waals surface area contributed by atoms with Gasteiger partial charge in [-0.1, -0.05) is 36.5 Å². The summed E-state index contributed by atoms with van der Waals surface area (Å²) in [6.07, 6.45) is 3.82. The fourth-order valence-corrected chi connectivity index (χ4v) is 2.62. The molecule has 3 rings (SSSR count). The number of thiocarbonyl (C=S) groups is 1. The molecule has 0 saturated heterocycles. The van der Waals surface area contributed by atoms with Gasteiger partial charge in [-0.15, -0.1) is 0 Å². The number of nitrogens with zero attached hydrogens (tertiary/aromatic N) is 1. The molecule has 0 spiro atoms. The first-order valence-corrected chi connectivity index (χ1v) is 6.72. The highest BCUT2D eigenvalue weighted by Gasteiger charge is 2.20. The molecule has 0 atom stereocenters. The van der Waals surface area contributed by atoms with E-state index < -0.39 is 0 Å². The van der Waals surface area contributed by atoms with Crippen molar-refractivity contribution in [2.24, 2.45) is 5.73 Å². The molecule has 1 aliphatic rings. The first-order valence-electron chi connectivity index (χ1n) is 6.31. The van der Waals surface area contributed by atoms with E-state index in [0.717, 1.165) is 24.2 Å². The number of nitrogens with two attached hydrogens (primary N) is 1. The van der Waals surface area contributed by atoms with Crippen LogP contribution >= 0.6 is 12.2 Å². The Morgan fingerprint density at radius 2 is 1.84 bits per heavy atom. The summed E-state index contributed by atoms with van der Waals surface area (Å²) in [5.74, 6) is 0.873. The van der Waals surface area contributed by atoms with Crippen molar-refractivity contribution in [3.8, 4) is 0 Å². The number of hydrogen-bond acceptors (Lipinski definition) is 3. The third-order valence-corrected chi connectivity index (χ3v) is 3.69. The highest BCUT2D eigenvalue weighted by molar-refractivity contribution is 7.80. The smallest absolute Gasteiger partial charge is 0.126 e. The van der Waals surface area contributed by atoms with Gasteiger partial charge in [0.05, 0.1) is 0 Å². The van der Waals surface area contributed by atoms with Crippen molar-refractivity contribution >= 4 is 23.0 Å². The maximum Gasteiger partial charge on any atom is 0.126 e. The van der Waals surface area contributed by atoms with Crippen LogP contribution in [0.5, 0.6) is 0 Å². The Hall–Kier alpha value is -1.94. The number of nitrogens with one attached hydrogen (secondary N) is 1. The average Bonchev–Trinajstić information content (AvgIpc) is 2.81. The van der Waals surface area contributed by atoms with E-state index in [1.165, 1.54) is 11.1 Å². The topological polar surface area (TPSA) is 50.9 Å². The van der Waals surface area contributed by atoms with E-state index >= 15 is 0 Å². The van der Waals surface area contributed by atoms with Gasteiger partial charge in [0.25, 0.3) is 0 Å². The van der Waals surface area contributed by atoms with Crippen LogP contribution < -0.4 is 11.1 Å². The van der Waals surface area contributed by atoms with Gasteiger partial charge in [-0.3, -0.25) is 0 Å². The Kier molecular flexibility index (Phi) is 3.17. The number of pyridine rings is 1. The van der Waals surface area contributed by atoms with Crippen LogP contribution in [0.2, 0.25) is 0 Å². The molecule has 19 heavy (non-hydrogen) atoms. The fraction of sp³-hybridized carbons (Fsp3) is 0.200. The molecule has 1 aromatic carbocycles. The number of anilines is 1. The van der Waals surface area contributed by atoms with E-state index in [0.29, 0.717) is 11.0 Å². The van der Waals surface area contributed by atoms with Gasteiger partial charge in [0, 0.05) is 17.8 Å². The molecule has 0 amide bonds. The van der Waals surface area contributed by atoms with Crippen molar-refractivity contribution < 1.29 is 0 Å². The van der Waals surface area contributed by atoms with Gasteiger partial charge >= 0.3 is 0 Å². The molecule has 3 N–H and O–H groups in total. The van der Waals surface area contributed by atoms with E-state index in [9.17, 15) is 0 Å². The minimum Gasteiger partial charge on any atom is -0.389 e. The third kappa shape index (κ3) is 2.58. The lowest BCUT2D eigenvalue weighted by atomic mass is 10.1. The van der Waals surface area contributed by atoms with Gasteiger partial charge < -0.3 is 11.1 Å². The zero-order valence-corrected chi connectivity index (χ0v) is 11.3. The summed E-state index contributed by atoms with van der Waals surface area (Å²) < 4.78 is 0. The van der Waals surface area contributed by atoms with E-state index in [2.05, 4.69) is 34.6 Å². The van der Waals surface area contributed by atoms with Crippen molar-refractivity contribution in [2.45, 2.75) is 18.9 Å². The Balaban J connectivity index is 1.69. The molecule has 4 heteroatoms. The summed E-state index contributed by atoms with van der Waals surface area (Å²) in [5, 5.41) is 3.46. The standard InChI is InChI=1S/C15H15N3S/c16-15(19)12-5-6-14(17-9-12)18-13-7-10-3-1-2-4-11(10)8-13/h1-6,9,13H,7-8H2,(H2,16,19)(H,17,18). The fourth-order valence-electron chi connectivity index (χ4n) is 2.50. The van der Waals surface area contributed by atoms with Gasteiger partial charge in [0.1, 0.15) is 10.8 Å². The van der Waals surface area contributed by atoms with Crippen LogP contribution in [0.4, 0.5) is 5.82 Å². The first-order chi connectivity index (χ1) is 9.22. The first kappa shape index (κ1) is 12.1. The van der Waals surface area contributed by atoms with Crippen LogP contribution in [0, 0.1) is 0 Å². The Morgan fingerprint density at radius 1 is 1.16 bits per heavy atom. The maximum atomic E-state index is 5.56. The second-order valence-electron chi connectivity index (χ2n) is 4.81. The maximum absolute atomic E-state index is 5.56. The zero-order valence-electron chi connectivity index (χ0n) is 10.5. The third-order valence-electron chi connectivity index (χ3n) is 3.45. The van der Waals surface area contributed by atoms with Gasteiger partial charge in [-0.2, -0.15) is 0 Å². The summed E-state index contributed by atoms with van der Waals surface area (Å²) in [4.78, 5) is 4.73. The highest BCUT2D eigenvalue weighted by atomic mass is 32.1. The van der Waals surface area contributed by atoms with E-state index in [-0.39, 0.29) is 0 Å². The van der Waals surface area contributed by atoms with E-state index in [4.69, 9.17) is 18.0 Å². The van der Waals surface area contributed by atoms with E-state index in [1.807, 2.05) is 12.1 Å². The molecule has 2 aromatic rings. The van der Waals surface area contributed by atoms with Gasteiger partial charge in [-0.25, -0.2) is 4.98 Å². The van der Waals surface area contributed by atoms with Crippen LogP contribution in [-0.2, 0) is 12.8 Å². The molecule has 0 unspecified atom stereocenters. The molecular formula is C15H15N3S. The number of rotatable bonds is 3. The summed E-state index contributed by atoms with van der Waals surface area (Å²) in [6.45, 7) is 0. The molecule has 3 nitrogen and oxygen atoms in total. The second-order valence-corrected chi connectivity index (χ2v) is 5.25. The quantitative estimate of drug-likeness (QED) is 0.840. The van der Waals surface area contributed by atoms with Crippen molar-refractivity contribution in [2.75, 3.05) is 5.32 Å². The zero-order chi connectivity index (χ0) is 13.2. The van der Waals surface area contributed by atoms with Crippen molar-refractivity contribution in [1.82, 2.24) is 4.98 Å². The van der Waals surface area contributed by atoms with Crippen LogP contribution in [-0.4, -0.2) is 16.0 Å². The minimum absolute atomic E-state index is 0.382.